The van der Waals surface area contributed by atoms with Gasteiger partial charge in [-0.25, -0.2) is 8.42 Å². The van der Waals surface area contributed by atoms with Gasteiger partial charge in [0.25, 0.3) is 5.91 Å². The molecule has 0 aliphatic rings. The Labute approximate surface area is 178 Å². The normalized spacial score (nSPS) is 12.0. The average Bonchev–Trinajstić information content (AvgIpc) is 2.74. The van der Waals surface area contributed by atoms with Gasteiger partial charge >= 0.3 is 0 Å². The first kappa shape index (κ1) is 23.3. The summed E-state index contributed by atoms with van der Waals surface area (Å²) in [5.74, 6) is 0.959. The molecular weight excluding hydrogens is 404 g/mol. The highest BCUT2D eigenvalue weighted by atomic mass is 32.2. The summed E-state index contributed by atoms with van der Waals surface area (Å²) < 4.78 is 35.7. The van der Waals surface area contributed by atoms with Crippen LogP contribution in [-0.4, -0.2) is 41.3 Å². The fourth-order valence-corrected chi connectivity index (χ4v) is 3.94. The summed E-state index contributed by atoms with van der Waals surface area (Å²) in [5, 5.41) is 3.01. The number of sulfonamides is 1. The molecule has 2 aromatic rings. The first-order chi connectivity index (χ1) is 14.2. The minimum atomic E-state index is -3.45. The van der Waals surface area contributed by atoms with Crippen LogP contribution in [0.5, 0.6) is 11.5 Å². The van der Waals surface area contributed by atoms with Gasteiger partial charge in [-0.3, -0.25) is 9.10 Å². The lowest BCUT2D eigenvalue weighted by molar-refractivity contribution is 0.0935. The summed E-state index contributed by atoms with van der Waals surface area (Å²) >= 11 is 0. The molecule has 1 N–H and O–H groups in total. The van der Waals surface area contributed by atoms with E-state index >= 15 is 0 Å². The predicted molar refractivity (Wildman–Crippen MR) is 119 cm³/mol. The lowest BCUT2D eigenvalue weighted by atomic mass is 10.0. The number of carbonyl (C=O) groups excluding carboxylic acids is 1. The predicted octanol–water partition coefficient (Wildman–Crippen LogP) is 3.54. The van der Waals surface area contributed by atoms with Gasteiger partial charge in [-0.15, -0.1) is 6.58 Å². The van der Waals surface area contributed by atoms with E-state index in [9.17, 15) is 13.2 Å². The van der Waals surface area contributed by atoms with Crippen LogP contribution < -0.4 is 19.1 Å². The molecule has 162 valence electrons. The summed E-state index contributed by atoms with van der Waals surface area (Å²) in [6.07, 6.45) is 3.32. The van der Waals surface area contributed by atoms with Crippen LogP contribution in [0.4, 0.5) is 5.69 Å². The Balaban J connectivity index is 2.21. The quantitative estimate of drug-likeness (QED) is 0.581. The van der Waals surface area contributed by atoms with Gasteiger partial charge in [0.1, 0.15) is 0 Å². The molecule has 0 fully saturated rings. The van der Waals surface area contributed by atoms with Gasteiger partial charge in [-0.2, -0.15) is 0 Å². The highest BCUT2D eigenvalue weighted by Gasteiger charge is 2.19. The molecule has 0 saturated heterocycles. The molecule has 1 amide bonds. The molecular formula is C22H28N2O5S. The third-order valence-electron chi connectivity index (χ3n) is 4.64. The molecule has 0 bridgehead atoms. The molecule has 0 heterocycles. The van der Waals surface area contributed by atoms with Crippen molar-refractivity contribution in [2.75, 3.05) is 31.3 Å². The zero-order chi connectivity index (χ0) is 22.3. The van der Waals surface area contributed by atoms with E-state index in [1.54, 1.807) is 44.6 Å². The SMILES string of the molecule is C=CCN(c1ccc(C(=O)NC(CC)c2ccc(OC)c(OC)c2)cc1)S(C)(=O)=O. The van der Waals surface area contributed by atoms with Gasteiger partial charge in [0.05, 0.1) is 38.7 Å². The Morgan fingerprint density at radius 1 is 1.13 bits per heavy atom. The van der Waals surface area contributed by atoms with Crippen molar-refractivity contribution >= 4 is 21.6 Å². The van der Waals surface area contributed by atoms with Crippen LogP contribution in [0.2, 0.25) is 0 Å². The Hall–Kier alpha value is -3.00. The van der Waals surface area contributed by atoms with Crippen LogP contribution in [0.25, 0.3) is 0 Å². The van der Waals surface area contributed by atoms with Crippen molar-refractivity contribution in [3.05, 3.63) is 66.2 Å². The van der Waals surface area contributed by atoms with Crippen LogP contribution >= 0.6 is 0 Å². The molecule has 2 aromatic carbocycles. The third kappa shape index (κ3) is 5.54. The number of hydrogen-bond donors (Lipinski definition) is 1. The first-order valence-electron chi connectivity index (χ1n) is 9.46. The second-order valence-electron chi connectivity index (χ2n) is 6.68. The minimum absolute atomic E-state index is 0.154. The zero-order valence-electron chi connectivity index (χ0n) is 17.7. The van der Waals surface area contributed by atoms with Crippen molar-refractivity contribution in [2.45, 2.75) is 19.4 Å². The summed E-state index contributed by atoms with van der Waals surface area (Å²) in [6.45, 7) is 5.72. The minimum Gasteiger partial charge on any atom is -0.493 e. The van der Waals surface area contributed by atoms with Crippen LogP contribution in [0, 0.1) is 0 Å². The molecule has 0 aliphatic heterocycles. The summed E-state index contributed by atoms with van der Waals surface area (Å²) in [4.78, 5) is 12.8. The van der Waals surface area contributed by atoms with E-state index in [2.05, 4.69) is 11.9 Å². The number of nitrogens with zero attached hydrogens (tertiary/aromatic N) is 1. The molecule has 1 unspecified atom stereocenters. The van der Waals surface area contributed by atoms with E-state index in [1.165, 1.54) is 10.4 Å². The van der Waals surface area contributed by atoms with Crippen LogP contribution in [0.3, 0.4) is 0 Å². The largest absolute Gasteiger partial charge is 0.493 e. The number of amides is 1. The van der Waals surface area contributed by atoms with Crippen LogP contribution in [0.15, 0.2) is 55.1 Å². The maximum absolute atomic E-state index is 12.8. The Morgan fingerprint density at radius 3 is 2.27 bits per heavy atom. The Bertz CT molecular complexity index is 987. The number of ether oxygens (including phenoxy) is 2. The smallest absolute Gasteiger partial charge is 0.251 e. The molecule has 0 radical (unpaired) electrons. The van der Waals surface area contributed by atoms with Gasteiger partial charge < -0.3 is 14.8 Å². The number of benzene rings is 2. The standard InChI is InChI=1S/C22H28N2O5S/c1-6-14-24(30(5,26)27)18-11-8-16(9-12-18)22(25)23-19(7-2)17-10-13-20(28-3)21(15-17)29-4/h6,8-13,15,19H,1,7,14H2,2-5H3,(H,23,25). The van der Waals surface area contributed by atoms with Gasteiger partial charge in [0.15, 0.2) is 11.5 Å². The maximum atomic E-state index is 12.8. The number of nitrogens with one attached hydrogen (secondary N) is 1. The van der Waals surface area contributed by atoms with E-state index in [0.717, 1.165) is 11.8 Å². The monoisotopic (exact) mass is 432 g/mol. The van der Waals surface area contributed by atoms with Crippen molar-refractivity contribution < 1.29 is 22.7 Å². The van der Waals surface area contributed by atoms with E-state index in [1.807, 2.05) is 19.1 Å². The molecule has 1 atom stereocenters. The van der Waals surface area contributed by atoms with Crippen LogP contribution in [-0.2, 0) is 10.0 Å². The lowest BCUT2D eigenvalue weighted by Gasteiger charge is -2.21. The molecule has 2 rings (SSSR count). The molecule has 0 aromatic heterocycles. The van der Waals surface area contributed by atoms with Gasteiger partial charge in [-0.05, 0) is 48.4 Å². The van der Waals surface area contributed by atoms with Crippen molar-refractivity contribution in [3.63, 3.8) is 0 Å². The topological polar surface area (TPSA) is 84.9 Å². The van der Waals surface area contributed by atoms with E-state index in [4.69, 9.17) is 9.47 Å². The van der Waals surface area contributed by atoms with E-state index in [-0.39, 0.29) is 18.5 Å². The molecule has 30 heavy (non-hydrogen) atoms. The zero-order valence-corrected chi connectivity index (χ0v) is 18.5. The molecule has 0 spiro atoms. The van der Waals surface area contributed by atoms with Gasteiger partial charge in [0.2, 0.25) is 10.0 Å². The van der Waals surface area contributed by atoms with Gasteiger partial charge in [0, 0.05) is 5.56 Å². The number of anilines is 1. The second kappa shape index (κ2) is 10.2. The van der Waals surface area contributed by atoms with E-state index in [0.29, 0.717) is 29.2 Å². The molecule has 0 saturated carbocycles. The second-order valence-corrected chi connectivity index (χ2v) is 8.59. The highest BCUT2D eigenvalue weighted by Crippen LogP contribution is 2.31. The Morgan fingerprint density at radius 2 is 1.77 bits per heavy atom. The number of carbonyl (C=O) groups is 1. The fourth-order valence-electron chi connectivity index (χ4n) is 3.06. The first-order valence-corrected chi connectivity index (χ1v) is 11.3. The highest BCUT2D eigenvalue weighted by molar-refractivity contribution is 7.92. The lowest BCUT2D eigenvalue weighted by Crippen LogP contribution is -2.30. The van der Waals surface area contributed by atoms with E-state index < -0.39 is 10.0 Å². The molecule has 8 heteroatoms. The number of rotatable bonds is 10. The van der Waals surface area contributed by atoms with Crippen molar-refractivity contribution in [2.24, 2.45) is 0 Å². The van der Waals surface area contributed by atoms with Crippen molar-refractivity contribution in [1.82, 2.24) is 5.32 Å². The van der Waals surface area contributed by atoms with Gasteiger partial charge in [-0.1, -0.05) is 19.1 Å². The fraction of sp³-hybridized carbons (Fsp3) is 0.318. The summed E-state index contributed by atoms with van der Waals surface area (Å²) in [5.41, 5.74) is 1.81. The maximum Gasteiger partial charge on any atom is 0.251 e. The third-order valence-corrected chi connectivity index (χ3v) is 5.80. The van der Waals surface area contributed by atoms with Crippen LogP contribution in [0.1, 0.15) is 35.3 Å². The summed E-state index contributed by atoms with van der Waals surface area (Å²) in [6, 6.07) is 11.7. The Kier molecular flexibility index (Phi) is 7.88. The average molecular weight is 433 g/mol. The number of hydrogen-bond acceptors (Lipinski definition) is 5. The molecule has 0 aliphatic carbocycles. The summed E-state index contributed by atoms with van der Waals surface area (Å²) in [7, 11) is -0.311. The van der Waals surface area contributed by atoms with Crippen molar-refractivity contribution in [1.29, 1.82) is 0 Å². The number of methoxy groups -OCH3 is 2. The van der Waals surface area contributed by atoms with Crippen molar-refractivity contribution in [3.8, 4) is 11.5 Å². The molecule has 7 nitrogen and oxygen atoms in total.